The lowest BCUT2D eigenvalue weighted by molar-refractivity contribution is 1.60. The van der Waals surface area contributed by atoms with Crippen LogP contribution in [0.1, 0.15) is 0 Å². The van der Waals surface area contributed by atoms with Crippen molar-refractivity contribution in [3.05, 3.63) is 170 Å². The fraction of sp³-hybridized carbons (Fsp3) is 0. The van der Waals surface area contributed by atoms with E-state index in [2.05, 4.69) is 170 Å². The summed E-state index contributed by atoms with van der Waals surface area (Å²) < 4.78 is 0. The van der Waals surface area contributed by atoms with E-state index in [1.165, 1.54) is 76.8 Å². The van der Waals surface area contributed by atoms with E-state index < -0.39 is 0 Å². The minimum atomic E-state index is 1.22. The highest BCUT2D eigenvalue weighted by molar-refractivity contribution is 6.23. The first-order valence-corrected chi connectivity index (χ1v) is 14.5. The Balaban J connectivity index is 1.45. The highest BCUT2D eigenvalue weighted by atomic mass is 14.2. The molecular formula is C42H28. The molecule has 0 amide bonds. The first kappa shape index (κ1) is 24.3. The largest absolute Gasteiger partial charge is 0.0622 e. The van der Waals surface area contributed by atoms with Gasteiger partial charge in [0, 0.05) is 0 Å². The molecule has 0 radical (unpaired) electrons. The minimum absolute atomic E-state index is 1.22. The summed E-state index contributed by atoms with van der Waals surface area (Å²) in [6, 6.07) is 61.7. The van der Waals surface area contributed by atoms with Crippen molar-refractivity contribution < 1.29 is 0 Å². The Labute approximate surface area is 246 Å². The highest BCUT2D eigenvalue weighted by Crippen LogP contribution is 2.46. The Morgan fingerprint density at radius 1 is 0.238 bits per heavy atom. The van der Waals surface area contributed by atoms with Crippen LogP contribution in [0.2, 0.25) is 0 Å². The summed E-state index contributed by atoms with van der Waals surface area (Å²) in [7, 11) is 0. The van der Waals surface area contributed by atoms with Gasteiger partial charge in [0.05, 0.1) is 0 Å². The van der Waals surface area contributed by atoms with Gasteiger partial charge in [-0.25, -0.2) is 0 Å². The molecule has 0 saturated carbocycles. The zero-order valence-electron chi connectivity index (χ0n) is 23.2. The smallest absolute Gasteiger partial charge is 0.00199 e. The van der Waals surface area contributed by atoms with Crippen LogP contribution in [0, 0.1) is 0 Å². The third-order valence-corrected chi connectivity index (χ3v) is 8.43. The molecule has 0 aliphatic heterocycles. The van der Waals surface area contributed by atoms with Crippen LogP contribution in [-0.2, 0) is 0 Å². The fourth-order valence-electron chi connectivity index (χ4n) is 6.53. The maximum absolute atomic E-state index is 2.41. The summed E-state index contributed by atoms with van der Waals surface area (Å²) in [5.41, 5.74) is 9.99. The van der Waals surface area contributed by atoms with Crippen LogP contribution in [0.5, 0.6) is 0 Å². The Kier molecular flexibility index (Phi) is 5.90. The highest BCUT2D eigenvalue weighted by Gasteiger charge is 2.18. The molecule has 0 bridgehead atoms. The third-order valence-electron chi connectivity index (χ3n) is 8.43. The first-order valence-electron chi connectivity index (χ1n) is 14.5. The SMILES string of the molecule is c1ccc(-c2cccc(-c3cc(-c4c5ccccc5c(-c5ccccc5)c5ccccc45)c4ccccc4c3)c2)cc1. The average Bonchev–Trinajstić information content (AvgIpc) is 3.07. The second kappa shape index (κ2) is 10.2. The van der Waals surface area contributed by atoms with Crippen molar-refractivity contribution in [3.63, 3.8) is 0 Å². The van der Waals surface area contributed by atoms with Gasteiger partial charge >= 0.3 is 0 Å². The molecule has 0 aliphatic carbocycles. The summed E-state index contributed by atoms with van der Waals surface area (Å²) in [4.78, 5) is 0. The Morgan fingerprint density at radius 3 is 1.31 bits per heavy atom. The van der Waals surface area contributed by atoms with E-state index in [1.807, 2.05) is 0 Å². The lowest BCUT2D eigenvalue weighted by atomic mass is 9.83. The van der Waals surface area contributed by atoms with Gasteiger partial charge in [0.15, 0.2) is 0 Å². The molecule has 0 N–H and O–H groups in total. The Bertz CT molecular complexity index is 2170. The number of hydrogen-bond donors (Lipinski definition) is 0. The molecule has 0 aromatic heterocycles. The van der Waals surface area contributed by atoms with Gasteiger partial charge < -0.3 is 0 Å². The zero-order chi connectivity index (χ0) is 27.9. The average molecular weight is 533 g/mol. The summed E-state index contributed by atoms with van der Waals surface area (Å²) in [6.07, 6.45) is 0. The molecule has 42 heavy (non-hydrogen) atoms. The van der Waals surface area contributed by atoms with Gasteiger partial charge in [0.2, 0.25) is 0 Å². The first-order chi connectivity index (χ1) is 20.8. The summed E-state index contributed by atoms with van der Waals surface area (Å²) in [6.45, 7) is 0. The Morgan fingerprint density at radius 2 is 0.690 bits per heavy atom. The van der Waals surface area contributed by atoms with Crippen LogP contribution in [0.4, 0.5) is 0 Å². The molecular weight excluding hydrogens is 504 g/mol. The molecule has 8 aromatic rings. The topological polar surface area (TPSA) is 0 Å². The summed E-state index contributed by atoms with van der Waals surface area (Å²) in [5.74, 6) is 0. The zero-order valence-corrected chi connectivity index (χ0v) is 23.2. The van der Waals surface area contributed by atoms with Crippen LogP contribution in [-0.4, -0.2) is 0 Å². The van der Waals surface area contributed by atoms with Crippen molar-refractivity contribution in [3.8, 4) is 44.5 Å². The molecule has 196 valence electrons. The normalized spacial score (nSPS) is 11.3. The van der Waals surface area contributed by atoms with Gasteiger partial charge in [-0.3, -0.25) is 0 Å². The van der Waals surface area contributed by atoms with E-state index in [0.29, 0.717) is 0 Å². The van der Waals surface area contributed by atoms with Crippen LogP contribution in [0.15, 0.2) is 170 Å². The molecule has 8 rings (SSSR count). The molecule has 0 fully saturated rings. The van der Waals surface area contributed by atoms with E-state index in [-0.39, 0.29) is 0 Å². The lowest BCUT2D eigenvalue weighted by Gasteiger charge is -2.19. The van der Waals surface area contributed by atoms with Gasteiger partial charge in [0.25, 0.3) is 0 Å². The summed E-state index contributed by atoms with van der Waals surface area (Å²) in [5, 5.41) is 7.61. The Hall–Kier alpha value is -5.46. The van der Waals surface area contributed by atoms with E-state index in [9.17, 15) is 0 Å². The van der Waals surface area contributed by atoms with Crippen molar-refractivity contribution in [2.75, 3.05) is 0 Å². The molecule has 0 aliphatic rings. The van der Waals surface area contributed by atoms with E-state index >= 15 is 0 Å². The maximum atomic E-state index is 2.41. The van der Waals surface area contributed by atoms with E-state index in [4.69, 9.17) is 0 Å². The van der Waals surface area contributed by atoms with E-state index in [1.54, 1.807) is 0 Å². The minimum Gasteiger partial charge on any atom is -0.0622 e. The van der Waals surface area contributed by atoms with Gasteiger partial charge in [0.1, 0.15) is 0 Å². The molecule has 0 nitrogen and oxygen atoms in total. The van der Waals surface area contributed by atoms with Crippen molar-refractivity contribution in [2.24, 2.45) is 0 Å². The van der Waals surface area contributed by atoms with Crippen LogP contribution in [0.25, 0.3) is 76.8 Å². The second-order valence-corrected chi connectivity index (χ2v) is 10.9. The molecule has 0 unspecified atom stereocenters. The third kappa shape index (κ3) is 4.08. The van der Waals surface area contributed by atoms with Crippen molar-refractivity contribution in [1.82, 2.24) is 0 Å². The van der Waals surface area contributed by atoms with Crippen LogP contribution < -0.4 is 0 Å². The molecule has 0 heterocycles. The van der Waals surface area contributed by atoms with Gasteiger partial charge in [-0.05, 0) is 95.0 Å². The predicted molar refractivity (Wildman–Crippen MR) is 181 cm³/mol. The number of benzene rings is 8. The van der Waals surface area contributed by atoms with Crippen LogP contribution in [0.3, 0.4) is 0 Å². The van der Waals surface area contributed by atoms with Gasteiger partial charge in [-0.2, -0.15) is 0 Å². The molecule has 0 saturated heterocycles. The number of fused-ring (bicyclic) bond motifs is 3. The van der Waals surface area contributed by atoms with Gasteiger partial charge in [-0.15, -0.1) is 0 Å². The monoisotopic (exact) mass is 532 g/mol. The molecule has 0 heteroatoms. The molecule has 0 atom stereocenters. The van der Waals surface area contributed by atoms with Crippen molar-refractivity contribution in [1.29, 1.82) is 0 Å². The van der Waals surface area contributed by atoms with Gasteiger partial charge in [-0.1, -0.05) is 152 Å². The number of hydrogen-bond acceptors (Lipinski definition) is 0. The van der Waals surface area contributed by atoms with Crippen LogP contribution >= 0.6 is 0 Å². The molecule has 8 aromatic carbocycles. The quantitative estimate of drug-likeness (QED) is 0.198. The maximum Gasteiger partial charge on any atom is -0.00199 e. The molecule has 0 spiro atoms. The standard InChI is InChI=1S/C42H28/c1-3-14-29(15-4-1)31-19-13-20-32(26-31)34-27-33-18-7-8-21-35(33)40(28-34)42-38-24-11-9-22-36(38)41(30-16-5-2-6-17-30)37-23-10-12-25-39(37)42/h1-28H. The fourth-order valence-corrected chi connectivity index (χ4v) is 6.53. The lowest BCUT2D eigenvalue weighted by Crippen LogP contribution is -1.92. The predicted octanol–water partition coefficient (Wildman–Crippen LogP) is 11.8. The summed E-state index contributed by atoms with van der Waals surface area (Å²) >= 11 is 0. The number of rotatable bonds is 4. The van der Waals surface area contributed by atoms with Crippen molar-refractivity contribution in [2.45, 2.75) is 0 Å². The van der Waals surface area contributed by atoms with E-state index in [0.717, 1.165) is 0 Å². The van der Waals surface area contributed by atoms with Crippen molar-refractivity contribution >= 4 is 32.3 Å². The second-order valence-electron chi connectivity index (χ2n) is 10.9.